The van der Waals surface area contributed by atoms with Gasteiger partial charge in [-0.25, -0.2) is 4.79 Å². The van der Waals surface area contributed by atoms with Gasteiger partial charge in [0.05, 0.1) is 18.2 Å². The molecule has 1 aromatic heterocycles. The number of H-pyrrole nitrogens is 1. The molecule has 49 heavy (non-hydrogen) atoms. The Labute approximate surface area is 287 Å². The minimum atomic E-state index is -1.81. The number of hydrogen-bond acceptors (Lipinski definition) is 8. The van der Waals surface area contributed by atoms with Crippen LogP contribution < -0.4 is 10.1 Å². The molecule has 1 aliphatic heterocycles. The van der Waals surface area contributed by atoms with Crippen LogP contribution in [-0.4, -0.2) is 80.8 Å². The van der Waals surface area contributed by atoms with Gasteiger partial charge in [0, 0.05) is 48.9 Å². The second-order valence-electron chi connectivity index (χ2n) is 13.6. The lowest BCUT2D eigenvalue weighted by molar-refractivity contribution is -0.228. The van der Waals surface area contributed by atoms with Gasteiger partial charge in [0.25, 0.3) is 0 Å². The smallest absolute Gasteiger partial charge is 0.318 e. The van der Waals surface area contributed by atoms with Crippen molar-refractivity contribution in [2.24, 2.45) is 22.9 Å². The lowest BCUT2D eigenvalue weighted by Crippen LogP contribution is -2.69. The summed E-state index contributed by atoms with van der Waals surface area (Å²) in [5, 5.41) is 51.6. The van der Waals surface area contributed by atoms with E-state index >= 15 is 0 Å². The number of fused-ring (bicyclic) bond motifs is 3. The van der Waals surface area contributed by atoms with Gasteiger partial charge in [-0.2, -0.15) is 0 Å². The van der Waals surface area contributed by atoms with Crippen LogP contribution >= 0.6 is 0 Å². The highest BCUT2D eigenvalue weighted by Crippen LogP contribution is 2.60. The largest absolute Gasteiger partial charge is 0.508 e. The van der Waals surface area contributed by atoms with Gasteiger partial charge in [-0.15, -0.1) is 0 Å². The van der Waals surface area contributed by atoms with Gasteiger partial charge < -0.3 is 45.2 Å². The van der Waals surface area contributed by atoms with Crippen molar-refractivity contribution in [3.63, 3.8) is 0 Å². The number of carbonyl (C=O) groups is 1. The summed E-state index contributed by atoms with van der Waals surface area (Å²) in [5.74, 6) is -1.98. The molecule has 6 unspecified atom stereocenters. The number of aliphatic hydroxyl groups is 3. The molecule has 0 bridgehead atoms. The second-order valence-corrected chi connectivity index (χ2v) is 13.6. The number of hydrogen-bond donors (Lipinski definition) is 6. The van der Waals surface area contributed by atoms with E-state index < -0.39 is 17.7 Å². The first kappa shape index (κ1) is 34.8. The van der Waals surface area contributed by atoms with Gasteiger partial charge >= 0.3 is 6.03 Å². The van der Waals surface area contributed by atoms with Crippen LogP contribution in [0.3, 0.4) is 0 Å². The molecule has 264 valence electrons. The Bertz CT molecular complexity index is 1640. The Kier molecular flexibility index (Phi) is 10.8. The molecule has 6 N–H and O–H groups in total. The number of benzene rings is 2. The highest BCUT2D eigenvalue weighted by atomic mass is 16.6. The Hall–Kier alpha value is -4.06. The van der Waals surface area contributed by atoms with Crippen molar-refractivity contribution in [3.05, 3.63) is 71.4 Å². The Morgan fingerprint density at radius 1 is 1.10 bits per heavy atom. The number of unbranched alkanes of at least 4 members (excludes halogenated alkanes) is 2. The van der Waals surface area contributed by atoms with Crippen molar-refractivity contribution in [1.29, 1.82) is 0 Å². The summed E-state index contributed by atoms with van der Waals surface area (Å²) in [5.41, 5.74) is 4.16. The minimum absolute atomic E-state index is 0.0352. The highest BCUT2D eigenvalue weighted by Gasteiger charge is 2.64. The first-order valence-corrected chi connectivity index (χ1v) is 17.7. The summed E-state index contributed by atoms with van der Waals surface area (Å²) in [6.45, 7) is 2.85. The summed E-state index contributed by atoms with van der Waals surface area (Å²) in [6.07, 6.45) is 7.64. The third-order valence-corrected chi connectivity index (χ3v) is 10.6. The summed E-state index contributed by atoms with van der Waals surface area (Å²) < 4.78 is 6.65. The van der Waals surface area contributed by atoms with E-state index in [1.807, 2.05) is 37.3 Å². The maximum atomic E-state index is 14.1. The van der Waals surface area contributed by atoms with Gasteiger partial charge in [-0.1, -0.05) is 49.2 Å². The van der Waals surface area contributed by atoms with Crippen LogP contribution in [0.15, 0.2) is 65.3 Å². The maximum absolute atomic E-state index is 14.1. The Morgan fingerprint density at radius 3 is 2.61 bits per heavy atom. The maximum Gasteiger partial charge on any atom is 0.318 e. The second kappa shape index (κ2) is 15.2. The van der Waals surface area contributed by atoms with Gasteiger partial charge in [0.1, 0.15) is 24.7 Å². The van der Waals surface area contributed by atoms with E-state index in [0.29, 0.717) is 37.3 Å². The van der Waals surface area contributed by atoms with E-state index in [1.54, 1.807) is 23.1 Å². The fraction of sp³-hybridized carbons (Fsp3) is 0.526. The normalized spacial score (nSPS) is 26.4. The summed E-state index contributed by atoms with van der Waals surface area (Å²) >= 11 is 0. The number of rotatable bonds is 14. The number of carbonyl (C=O) groups excluding carboxylic acids is 1. The van der Waals surface area contributed by atoms with Crippen LogP contribution in [0.1, 0.15) is 75.5 Å². The van der Waals surface area contributed by atoms with Gasteiger partial charge in [-0.3, -0.25) is 0 Å². The number of ether oxygens (including phenoxy) is 1. The summed E-state index contributed by atoms with van der Waals surface area (Å²) in [7, 11) is 1.50. The number of para-hydroxylation sites is 1. The van der Waals surface area contributed by atoms with E-state index in [0.717, 1.165) is 53.4 Å². The standard InChI is InChI=1S/C38H50N4O7/c1-3-16-42(37(46)39-23-26-19-25-11-4-5-13-31(25)40-26)34-22-32(41-48-2)29-20-24(10-6-8-17-43)28(12-7-9-18-44)35-30-21-27(45)14-15-33(30)49-38(34,47)36(29)35/h4-5,11,13-15,19-21,24,28,34-36,40,43-45,47H,3,6-10,12,16-18,22-23H2,1-2H3,(H,39,46). The molecule has 2 amide bonds. The van der Waals surface area contributed by atoms with Crippen molar-refractivity contribution in [1.82, 2.24) is 15.2 Å². The van der Waals surface area contributed by atoms with Gasteiger partial charge in [0.2, 0.25) is 5.79 Å². The van der Waals surface area contributed by atoms with Crippen molar-refractivity contribution in [3.8, 4) is 11.5 Å². The van der Waals surface area contributed by atoms with Crippen molar-refractivity contribution < 1.29 is 34.8 Å². The average molecular weight is 675 g/mol. The SMILES string of the molecule is CCCN(C(=O)NCc1cc2ccccc2[nH]1)C1CC(=NOC)C2=CC(CCCCO)C(CCCCO)C3c4cc(O)ccc4OC1(O)C23. The van der Waals surface area contributed by atoms with E-state index in [9.17, 15) is 25.2 Å². The fourth-order valence-corrected chi connectivity index (χ4v) is 8.53. The van der Waals surface area contributed by atoms with Crippen LogP contribution in [0, 0.1) is 17.8 Å². The monoisotopic (exact) mass is 674 g/mol. The van der Waals surface area contributed by atoms with Gasteiger partial charge in [-0.05, 0) is 85.2 Å². The molecule has 2 heterocycles. The fourth-order valence-electron chi connectivity index (χ4n) is 8.53. The number of amides is 2. The molecule has 11 nitrogen and oxygen atoms in total. The van der Waals surface area contributed by atoms with Crippen LogP contribution in [0.2, 0.25) is 0 Å². The Morgan fingerprint density at radius 2 is 1.88 bits per heavy atom. The zero-order valence-corrected chi connectivity index (χ0v) is 28.5. The predicted octanol–water partition coefficient (Wildman–Crippen LogP) is 5.55. The zero-order valence-electron chi connectivity index (χ0n) is 28.5. The highest BCUT2D eigenvalue weighted by molar-refractivity contribution is 6.03. The zero-order chi connectivity index (χ0) is 34.5. The van der Waals surface area contributed by atoms with E-state index in [1.165, 1.54) is 7.11 Å². The molecule has 3 aromatic rings. The number of aromatic hydroxyl groups is 1. The number of nitrogens with one attached hydrogen (secondary N) is 2. The molecule has 0 spiro atoms. The lowest BCUT2D eigenvalue weighted by atomic mass is 9.55. The van der Waals surface area contributed by atoms with E-state index in [2.05, 4.69) is 21.5 Å². The van der Waals surface area contributed by atoms with Crippen molar-refractivity contribution >= 4 is 22.6 Å². The summed E-state index contributed by atoms with van der Waals surface area (Å²) in [4.78, 5) is 24.6. The number of oxime groups is 1. The number of phenolic OH excluding ortho intramolecular Hbond substituents is 1. The predicted molar refractivity (Wildman–Crippen MR) is 187 cm³/mol. The lowest BCUT2D eigenvalue weighted by Gasteiger charge is -2.58. The van der Waals surface area contributed by atoms with Crippen LogP contribution in [-0.2, 0) is 11.4 Å². The average Bonchev–Trinajstić information content (AvgIpc) is 3.52. The topological polar surface area (TPSA) is 160 Å². The molecule has 6 rings (SSSR count). The summed E-state index contributed by atoms with van der Waals surface area (Å²) in [6, 6.07) is 13.9. The first-order valence-electron chi connectivity index (χ1n) is 17.7. The number of allylic oxidation sites excluding steroid dienone is 1. The molecular formula is C38H50N4O7. The molecule has 2 aromatic carbocycles. The minimum Gasteiger partial charge on any atom is -0.508 e. The molecule has 11 heteroatoms. The number of aromatic nitrogens is 1. The number of aromatic amines is 1. The van der Waals surface area contributed by atoms with Crippen LogP contribution in [0.4, 0.5) is 4.79 Å². The first-order chi connectivity index (χ1) is 23.8. The van der Waals surface area contributed by atoms with Crippen molar-refractivity contribution in [2.45, 2.75) is 82.6 Å². The molecule has 3 aliphatic rings. The molecule has 6 atom stereocenters. The quantitative estimate of drug-likeness (QED) is 0.0966. The molecule has 1 fully saturated rings. The van der Waals surface area contributed by atoms with Crippen LogP contribution in [0.5, 0.6) is 11.5 Å². The molecule has 1 saturated carbocycles. The Balaban J connectivity index is 1.42. The number of nitrogens with zero attached hydrogens (tertiary/aromatic N) is 2. The number of urea groups is 1. The number of aliphatic hydroxyl groups excluding tert-OH is 2. The molecule has 2 aliphatic carbocycles. The molecular weight excluding hydrogens is 624 g/mol. The van der Waals surface area contributed by atoms with E-state index in [-0.39, 0.29) is 55.7 Å². The third-order valence-electron chi connectivity index (χ3n) is 10.6. The van der Waals surface area contributed by atoms with Crippen LogP contribution in [0.25, 0.3) is 10.9 Å². The molecule has 0 saturated heterocycles. The number of phenols is 1. The van der Waals surface area contributed by atoms with Crippen molar-refractivity contribution in [2.75, 3.05) is 26.9 Å². The molecule has 0 radical (unpaired) electrons. The third kappa shape index (κ3) is 6.89. The van der Waals surface area contributed by atoms with Gasteiger partial charge in [0.15, 0.2) is 0 Å². The van der Waals surface area contributed by atoms with E-state index in [4.69, 9.17) is 9.57 Å².